The van der Waals surface area contributed by atoms with E-state index in [4.69, 9.17) is 5.11 Å². The SMILES string of the molecule is CCC(CO)NC(C)Cc1ccccc1. The van der Waals surface area contributed by atoms with Gasteiger partial charge in [-0.05, 0) is 25.3 Å². The molecule has 2 heteroatoms. The zero-order valence-electron chi connectivity index (χ0n) is 9.61. The topological polar surface area (TPSA) is 32.3 Å². The van der Waals surface area contributed by atoms with Gasteiger partial charge in [0.25, 0.3) is 0 Å². The Morgan fingerprint density at radius 2 is 1.93 bits per heavy atom. The Balaban J connectivity index is 2.39. The number of benzene rings is 1. The number of nitrogens with one attached hydrogen (secondary N) is 1. The predicted molar refractivity (Wildman–Crippen MR) is 63.9 cm³/mol. The predicted octanol–water partition coefficient (Wildman–Crippen LogP) is 1.98. The van der Waals surface area contributed by atoms with Crippen LogP contribution in [0.1, 0.15) is 25.8 Å². The van der Waals surface area contributed by atoms with Gasteiger partial charge in [-0.25, -0.2) is 0 Å². The molecule has 0 aromatic heterocycles. The molecule has 0 bridgehead atoms. The Labute approximate surface area is 92.3 Å². The summed E-state index contributed by atoms with van der Waals surface area (Å²) < 4.78 is 0. The van der Waals surface area contributed by atoms with Gasteiger partial charge >= 0.3 is 0 Å². The largest absolute Gasteiger partial charge is 0.395 e. The van der Waals surface area contributed by atoms with Crippen molar-refractivity contribution >= 4 is 0 Å². The van der Waals surface area contributed by atoms with Gasteiger partial charge in [-0.2, -0.15) is 0 Å². The first kappa shape index (κ1) is 12.2. The molecule has 0 saturated heterocycles. The standard InChI is InChI=1S/C13H21NO/c1-3-13(10-15)14-11(2)9-12-7-5-4-6-8-12/h4-8,11,13-15H,3,9-10H2,1-2H3. The molecular formula is C13H21NO. The van der Waals surface area contributed by atoms with Crippen molar-refractivity contribution in [2.24, 2.45) is 0 Å². The lowest BCUT2D eigenvalue weighted by Crippen LogP contribution is -2.39. The number of hydrogen-bond acceptors (Lipinski definition) is 2. The van der Waals surface area contributed by atoms with Gasteiger partial charge in [0.15, 0.2) is 0 Å². The summed E-state index contributed by atoms with van der Waals surface area (Å²) in [4.78, 5) is 0. The summed E-state index contributed by atoms with van der Waals surface area (Å²) in [6, 6.07) is 11.1. The van der Waals surface area contributed by atoms with Crippen LogP contribution in [0, 0.1) is 0 Å². The van der Waals surface area contributed by atoms with E-state index in [0.717, 1.165) is 12.8 Å². The maximum Gasteiger partial charge on any atom is 0.0584 e. The highest BCUT2D eigenvalue weighted by Gasteiger charge is 2.09. The van der Waals surface area contributed by atoms with Crippen molar-refractivity contribution in [2.75, 3.05) is 6.61 Å². The van der Waals surface area contributed by atoms with E-state index in [2.05, 4.69) is 43.4 Å². The molecule has 0 heterocycles. The highest BCUT2D eigenvalue weighted by molar-refractivity contribution is 5.15. The third-order valence-electron chi connectivity index (χ3n) is 2.62. The van der Waals surface area contributed by atoms with Crippen LogP contribution in [0.2, 0.25) is 0 Å². The Hall–Kier alpha value is -0.860. The van der Waals surface area contributed by atoms with Crippen molar-refractivity contribution in [3.8, 4) is 0 Å². The average molecular weight is 207 g/mol. The Kier molecular flexibility index (Phi) is 5.37. The molecule has 1 rings (SSSR count). The van der Waals surface area contributed by atoms with Crippen LogP contribution in [-0.2, 0) is 6.42 Å². The third-order valence-corrected chi connectivity index (χ3v) is 2.62. The Bertz CT molecular complexity index is 256. The van der Waals surface area contributed by atoms with Crippen molar-refractivity contribution in [2.45, 2.75) is 38.8 Å². The summed E-state index contributed by atoms with van der Waals surface area (Å²) in [5.74, 6) is 0. The molecule has 0 fully saturated rings. The molecule has 2 N–H and O–H groups in total. The van der Waals surface area contributed by atoms with E-state index in [1.807, 2.05) is 6.07 Å². The van der Waals surface area contributed by atoms with E-state index < -0.39 is 0 Å². The number of aliphatic hydroxyl groups is 1. The zero-order valence-corrected chi connectivity index (χ0v) is 9.61. The van der Waals surface area contributed by atoms with Gasteiger partial charge in [0.2, 0.25) is 0 Å². The molecule has 0 saturated carbocycles. The van der Waals surface area contributed by atoms with Crippen molar-refractivity contribution < 1.29 is 5.11 Å². The number of hydrogen-bond donors (Lipinski definition) is 2. The van der Waals surface area contributed by atoms with E-state index in [1.165, 1.54) is 5.56 Å². The maximum atomic E-state index is 9.08. The van der Waals surface area contributed by atoms with Gasteiger partial charge in [-0.3, -0.25) is 0 Å². The molecule has 1 aromatic rings. The van der Waals surface area contributed by atoms with E-state index >= 15 is 0 Å². The van der Waals surface area contributed by atoms with Gasteiger partial charge in [0, 0.05) is 12.1 Å². The molecule has 0 aliphatic carbocycles. The van der Waals surface area contributed by atoms with Crippen LogP contribution in [0.25, 0.3) is 0 Å². The van der Waals surface area contributed by atoms with Crippen LogP contribution in [0.15, 0.2) is 30.3 Å². The van der Waals surface area contributed by atoms with Crippen molar-refractivity contribution in [1.82, 2.24) is 5.32 Å². The number of aliphatic hydroxyl groups excluding tert-OH is 1. The molecule has 1 aromatic carbocycles. The summed E-state index contributed by atoms with van der Waals surface area (Å²) in [6.45, 7) is 4.46. The quantitative estimate of drug-likeness (QED) is 0.747. The lowest BCUT2D eigenvalue weighted by atomic mass is 10.1. The van der Waals surface area contributed by atoms with E-state index in [1.54, 1.807) is 0 Å². The van der Waals surface area contributed by atoms with Crippen molar-refractivity contribution in [3.63, 3.8) is 0 Å². The Morgan fingerprint density at radius 3 is 2.47 bits per heavy atom. The second-order valence-electron chi connectivity index (χ2n) is 4.05. The summed E-state index contributed by atoms with van der Waals surface area (Å²) in [5, 5.41) is 12.5. The highest BCUT2D eigenvalue weighted by Crippen LogP contribution is 2.04. The fourth-order valence-electron chi connectivity index (χ4n) is 1.73. The average Bonchev–Trinajstić information content (AvgIpc) is 2.27. The van der Waals surface area contributed by atoms with Crippen molar-refractivity contribution in [1.29, 1.82) is 0 Å². The summed E-state index contributed by atoms with van der Waals surface area (Å²) >= 11 is 0. The molecule has 2 atom stereocenters. The molecule has 0 radical (unpaired) electrons. The summed E-state index contributed by atoms with van der Waals surface area (Å²) in [6.07, 6.45) is 1.98. The fraction of sp³-hybridized carbons (Fsp3) is 0.538. The van der Waals surface area contributed by atoms with Crippen LogP contribution in [0.4, 0.5) is 0 Å². The van der Waals surface area contributed by atoms with Crippen LogP contribution in [0.3, 0.4) is 0 Å². The van der Waals surface area contributed by atoms with Crippen LogP contribution in [-0.4, -0.2) is 23.8 Å². The molecule has 15 heavy (non-hydrogen) atoms. The van der Waals surface area contributed by atoms with Crippen LogP contribution >= 0.6 is 0 Å². The first-order valence-electron chi connectivity index (χ1n) is 5.67. The molecule has 0 aliphatic rings. The first-order valence-corrected chi connectivity index (χ1v) is 5.67. The molecule has 0 amide bonds. The minimum Gasteiger partial charge on any atom is -0.395 e. The molecule has 2 unspecified atom stereocenters. The molecule has 0 aliphatic heterocycles. The smallest absolute Gasteiger partial charge is 0.0584 e. The molecular weight excluding hydrogens is 186 g/mol. The monoisotopic (exact) mass is 207 g/mol. The third kappa shape index (κ3) is 4.45. The summed E-state index contributed by atoms with van der Waals surface area (Å²) in [7, 11) is 0. The van der Waals surface area contributed by atoms with Gasteiger partial charge in [-0.15, -0.1) is 0 Å². The van der Waals surface area contributed by atoms with Gasteiger partial charge < -0.3 is 10.4 Å². The second kappa shape index (κ2) is 6.59. The number of rotatable bonds is 6. The van der Waals surface area contributed by atoms with Crippen LogP contribution in [0.5, 0.6) is 0 Å². The minimum absolute atomic E-state index is 0.218. The lowest BCUT2D eigenvalue weighted by Gasteiger charge is -2.20. The fourth-order valence-corrected chi connectivity index (χ4v) is 1.73. The molecule has 84 valence electrons. The molecule has 2 nitrogen and oxygen atoms in total. The van der Waals surface area contributed by atoms with E-state index in [-0.39, 0.29) is 12.6 Å². The van der Waals surface area contributed by atoms with Crippen molar-refractivity contribution in [3.05, 3.63) is 35.9 Å². The Morgan fingerprint density at radius 1 is 1.27 bits per heavy atom. The highest BCUT2D eigenvalue weighted by atomic mass is 16.3. The lowest BCUT2D eigenvalue weighted by molar-refractivity contribution is 0.229. The maximum absolute atomic E-state index is 9.08. The van der Waals surface area contributed by atoms with Gasteiger partial charge in [0.05, 0.1) is 6.61 Å². The van der Waals surface area contributed by atoms with Gasteiger partial charge in [-0.1, -0.05) is 37.3 Å². The normalized spacial score (nSPS) is 14.9. The summed E-state index contributed by atoms with van der Waals surface area (Å²) in [5.41, 5.74) is 1.34. The first-order chi connectivity index (χ1) is 7.26. The second-order valence-corrected chi connectivity index (χ2v) is 4.05. The van der Waals surface area contributed by atoms with E-state index in [0.29, 0.717) is 6.04 Å². The van der Waals surface area contributed by atoms with Crippen LogP contribution < -0.4 is 5.32 Å². The van der Waals surface area contributed by atoms with Gasteiger partial charge in [0.1, 0.15) is 0 Å². The minimum atomic E-state index is 0.218. The zero-order chi connectivity index (χ0) is 11.1. The van der Waals surface area contributed by atoms with E-state index in [9.17, 15) is 0 Å². The molecule has 0 spiro atoms.